The van der Waals surface area contributed by atoms with Gasteiger partial charge in [0.1, 0.15) is 11.8 Å². The van der Waals surface area contributed by atoms with Crippen LogP contribution >= 0.6 is 0 Å². The van der Waals surface area contributed by atoms with Crippen LogP contribution in [0.3, 0.4) is 0 Å². The van der Waals surface area contributed by atoms with Gasteiger partial charge in [-0.1, -0.05) is 71.0 Å². The first-order chi connectivity index (χ1) is 15.7. The van der Waals surface area contributed by atoms with E-state index in [4.69, 9.17) is 4.74 Å². The zero-order valence-corrected chi connectivity index (χ0v) is 21.1. The van der Waals surface area contributed by atoms with E-state index in [1.165, 1.54) is 5.56 Å². The predicted octanol–water partition coefficient (Wildman–Crippen LogP) is 5.26. The van der Waals surface area contributed by atoms with Crippen molar-refractivity contribution in [2.75, 3.05) is 13.7 Å². The van der Waals surface area contributed by atoms with Crippen molar-refractivity contribution < 1.29 is 14.3 Å². The largest absolute Gasteiger partial charge is 0.497 e. The van der Waals surface area contributed by atoms with Gasteiger partial charge in [-0.2, -0.15) is 0 Å². The molecule has 1 atom stereocenters. The van der Waals surface area contributed by atoms with E-state index in [0.717, 1.165) is 23.3 Å². The number of benzene rings is 2. The van der Waals surface area contributed by atoms with Crippen LogP contribution in [-0.4, -0.2) is 36.4 Å². The lowest BCUT2D eigenvalue weighted by Gasteiger charge is -2.31. The third-order valence-corrected chi connectivity index (χ3v) is 5.89. The second-order valence-corrected chi connectivity index (χ2v) is 9.53. The van der Waals surface area contributed by atoms with Gasteiger partial charge in [0.15, 0.2) is 0 Å². The maximum Gasteiger partial charge on any atom is 0.242 e. The highest BCUT2D eigenvalue weighted by Crippen LogP contribution is 2.23. The first kappa shape index (κ1) is 26.4. The number of carbonyl (C=O) groups is 2. The molecule has 33 heavy (non-hydrogen) atoms. The molecule has 2 rings (SSSR count). The average Bonchev–Trinajstić information content (AvgIpc) is 2.81. The molecule has 0 radical (unpaired) electrons. The van der Waals surface area contributed by atoms with E-state index in [1.54, 1.807) is 12.0 Å². The lowest BCUT2D eigenvalue weighted by Crippen LogP contribution is -2.49. The van der Waals surface area contributed by atoms with Crippen molar-refractivity contribution in [3.8, 4) is 5.75 Å². The van der Waals surface area contributed by atoms with Gasteiger partial charge in [0, 0.05) is 19.5 Å². The van der Waals surface area contributed by atoms with Gasteiger partial charge in [0.25, 0.3) is 0 Å². The van der Waals surface area contributed by atoms with E-state index < -0.39 is 6.04 Å². The molecule has 1 N–H and O–H groups in total. The van der Waals surface area contributed by atoms with Crippen molar-refractivity contribution in [3.05, 3.63) is 65.2 Å². The highest BCUT2D eigenvalue weighted by molar-refractivity contribution is 5.87. The molecule has 1 unspecified atom stereocenters. The van der Waals surface area contributed by atoms with Crippen molar-refractivity contribution in [2.24, 2.45) is 0 Å². The van der Waals surface area contributed by atoms with E-state index in [2.05, 4.69) is 50.4 Å². The molecular weight excluding hydrogens is 412 g/mol. The van der Waals surface area contributed by atoms with Gasteiger partial charge in [-0.3, -0.25) is 9.59 Å². The fourth-order valence-electron chi connectivity index (χ4n) is 3.78. The Bertz CT molecular complexity index is 883. The number of hydrogen-bond acceptors (Lipinski definition) is 3. The zero-order valence-electron chi connectivity index (χ0n) is 21.1. The fourth-order valence-corrected chi connectivity index (χ4v) is 3.78. The van der Waals surface area contributed by atoms with Gasteiger partial charge < -0.3 is 15.0 Å². The number of carbonyl (C=O) groups excluding carboxylic acids is 2. The predicted molar refractivity (Wildman–Crippen MR) is 134 cm³/mol. The van der Waals surface area contributed by atoms with Crippen molar-refractivity contribution in [1.29, 1.82) is 0 Å². The van der Waals surface area contributed by atoms with Gasteiger partial charge >= 0.3 is 0 Å². The average molecular weight is 453 g/mol. The highest BCUT2D eigenvalue weighted by Gasteiger charge is 2.28. The molecule has 5 heteroatoms. The fraction of sp³-hybridized carbons (Fsp3) is 0.500. The number of nitrogens with zero attached hydrogens (tertiary/aromatic N) is 1. The van der Waals surface area contributed by atoms with E-state index >= 15 is 0 Å². The summed E-state index contributed by atoms with van der Waals surface area (Å²) in [5, 5.41) is 2.96. The SMILES string of the molecule is CCCNC(=O)C(CC)N(Cc1ccc(OC)cc1)C(=O)CCc1ccc(C(C)(C)C)cc1. The van der Waals surface area contributed by atoms with Crippen LogP contribution in [0, 0.1) is 0 Å². The quantitative estimate of drug-likeness (QED) is 0.506. The summed E-state index contributed by atoms with van der Waals surface area (Å²) < 4.78 is 5.24. The minimum Gasteiger partial charge on any atom is -0.497 e. The molecule has 0 aliphatic carbocycles. The third kappa shape index (κ3) is 7.92. The summed E-state index contributed by atoms with van der Waals surface area (Å²) in [5.41, 5.74) is 3.48. The maximum absolute atomic E-state index is 13.4. The second-order valence-electron chi connectivity index (χ2n) is 9.53. The number of hydrogen-bond donors (Lipinski definition) is 1. The molecule has 0 aliphatic rings. The van der Waals surface area contributed by atoms with Crippen LogP contribution in [0.4, 0.5) is 0 Å². The Labute approximate surface area is 199 Å². The summed E-state index contributed by atoms with van der Waals surface area (Å²) in [6.07, 6.45) is 2.44. The van der Waals surface area contributed by atoms with E-state index in [1.807, 2.05) is 38.1 Å². The monoisotopic (exact) mass is 452 g/mol. The Morgan fingerprint density at radius 1 is 0.970 bits per heavy atom. The summed E-state index contributed by atoms with van der Waals surface area (Å²) in [7, 11) is 1.63. The van der Waals surface area contributed by atoms with E-state index in [-0.39, 0.29) is 17.2 Å². The zero-order chi connectivity index (χ0) is 24.4. The van der Waals surface area contributed by atoms with Crippen LogP contribution in [0.5, 0.6) is 5.75 Å². The van der Waals surface area contributed by atoms with Gasteiger partial charge in [-0.25, -0.2) is 0 Å². The van der Waals surface area contributed by atoms with Crippen molar-refractivity contribution in [2.45, 2.75) is 78.3 Å². The number of nitrogens with one attached hydrogen (secondary N) is 1. The van der Waals surface area contributed by atoms with Crippen LogP contribution in [-0.2, 0) is 28.0 Å². The standard InChI is InChI=1S/C28H40N2O3/c1-7-19-29-27(32)25(8-2)30(20-22-11-16-24(33-6)17-12-22)26(31)18-13-21-9-14-23(15-10-21)28(3,4)5/h9-12,14-17,25H,7-8,13,18-20H2,1-6H3,(H,29,32). The molecule has 0 aromatic heterocycles. The van der Waals surface area contributed by atoms with Crippen molar-refractivity contribution >= 4 is 11.8 Å². The molecule has 2 amide bonds. The first-order valence-electron chi connectivity index (χ1n) is 12.0. The van der Waals surface area contributed by atoms with Crippen LogP contribution in [0.25, 0.3) is 0 Å². The Balaban J connectivity index is 2.17. The first-order valence-corrected chi connectivity index (χ1v) is 12.0. The topological polar surface area (TPSA) is 58.6 Å². The summed E-state index contributed by atoms with van der Waals surface area (Å²) in [5.74, 6) is 0.669. The molecule has 0 heterocycles. The Hall–Kier alpha value is -2.82. The Morgan fingerprint density at radius 2 is 1.58 bits per heavy atom. The molecule has 0 saturated heterocycles. The van der Waals surface area contributed by atoms with E-state index in [9.17, 15) is 9.59 Å². The highest BCUT2D eigenvalue weighted by atomic mass is 16.5. The van der Waals surface area contributed by atoms with Gasteiger partial charge in [0.2, 0.25) is 11.8 Å². The van der Waals surface area contributed by atoms with Gasteiger partial charge in [-0.15, -0.1) is 0 Å². The smallest absolute Gasteiger partial charge is 0.242 e. The lowest BCUT2D eigenvalue weighted by atomic mass is 9.86. The normalized spacial score (nSPS) is 12.2. The van der Waals surface area contributed by atoms with Gasteiger partial charge in [-0.05, 0) is 53.5 Å². The van der Waals surface area contributed by atoms with Crippen molar-refractivity contribution in [3.63, 3.8) is 0 Å². The molecule has 0 saturated carbocycles. The number of aryl methyl sites for hydroxylation is 1. The summed E-state index contributed by atoms with van der Waals surface area (Å²) in [4.78, 5) is 28.0. The second kappa shape index (κ2) is 12.4. The molecule has 0 bridgehead atoms. The number of rotatable bonds is 11. The van der Waals surface area contributed by atoms with Crippen LogP contribution < -0.4 is 10.1 Å². The van der Waals surface area contributed by atoms with Crippen LogP contribution in [0.1, 0.15) is 70.6 Å². The molecule has 0 spiro atoms. The van der Waals surface area contributed by atoms with Crippen LogP contribution in [0.15, 0.2) is 48.5 Å². The third-order valence-electron chi connectivity index (χ3n) is 5.89. The van der Waals surface area contributed by atoms with Gasteiger partial charge in [0.05, 0.1) is 7.11 Å². The lowest BCUT2D eigenvalue weighted by molar-refractivity contribution is -0.141. The Morgan fingerprint density at radius 3 is 2.09 bits per heavy atom. The maximum atomic E-state index is 13.4. The Kier molecular flexibility index (Phi) is 9.95. The number of amides is 2. The molecule has 0 aliphatic heterocycles. The molecule has 0 fully saturated rings. The minimum absolute atomic E-state index is 0.00999. The minimum atomic E-state index is -0.491. The molecule has 2 aromatic rings. The molecule has 2 aromatic carbocycles. The van der Waals surface area contributed by atoms with Crippen LogP contribution in [0.2, 0.25) is 0 Å². The summed E-state index contributed by atoms with van der Waals surface area (Å²) in [6.45, 7) is 11.6. The molecule has 5 nitrogen and oxygen atoms in total. The number of ether oxygens (including phenoxy) is 1. The van der Waals surface area contributed by atoms with Crippen molar-refractivity contribution in [1.82, 2.24) is 10.2 Å². The summed E-state index contributed by atoms with van der Waals surface area (Å²) in [6, 6.07) is 15.7. The van der Waals surface area contributed by atoms with E-state index in [0.29, 0.717) is 32.4 Å². The summed E-state index contributed by atoms with van der Waals surface area (Å²) >= 11 is 0. The molecule has 180 valence electrons. The number of methoxy groups -OCH3 is 1. The molecular formula is C28H40N2O3.